The highest BCUT2D eigenvalue weighted by atomic mass is 16.5. The maximum atomic E-state index is 13.3. The van der Waals surface area contributed by atoms with E-state index < -0.39 is 6.10 Å². The Labute approximate surface area is 246 Å². The first-order chi connectivity index (χ1) is 20.6. The molecule has 0 saturated carbocycles. The number of piperidine rings is 1. The molecule has 6 rings (SSSR count). The van der Waals surface area contributed by atoms with Crippen LogP contribution in [0.4, 0.5) is 0 Å². The summed E-state index contributed by atoms with van der Waals surface area (Å²) in [4.78, 5) is 19.0. The van der Waals surface area contributed by atoms with Crippen molar-refractivity contribution in [2.45, 2.75) is 31.6 Å². The molecule has 1 aliphatic rings. The Balaban J connectivity index is 1.31. The first-order valence-corrected chi connectivity index (χ1v) is 14.4. The standard InChI is InChI=1S/C37H34N2O3/c1-42-32-19-22-39(23-20-32)25-27-12-10-26(11-13-27)14-15-28-8-5-9-33(37(41)36(40)29-6-3-2-4-7-29)35(28)31-16-17-34-30(24-31)18-21-38-34/h2-13,16-18,21,24,32,37-38,41H,19-20,22-23,25H2,1H3. The van der Waals surface area contributed by atoms with Crippen LogP contribution in [0.5, 0.6) is 0 Å². The summed E-state index contributed by atoms with van der Waals surface area (Å²) in [6.07, 6.45) is 3.11. The molecule has 1 aliphatic heterocycles. The first kappa shape index (κ1) is 27.7. The fourth-order valence-corrected chi connectivity index (χ4v) is 5.73. The molecule has 0 spiro atoms. The number of aromatic nitrogens is 1. The van der Waals surface area contributed by atoms with Crippen molar-refractivity contribution < 1.29 is 14.6 Å². The summed E-state index contributed by atoms with van der Waals surface area (Å²) >= 11 is 0. The van der Waals surface area contributed by atoms with Gasteiger partial charge in [0.05, 0.1) is 6.10 Å². The van der Waals surface area contributed by atoms with Gasteiger partial charge in [-0.25, -0.2) is 0 Å². The van der Waals surface area contributed by atoms with Gasteiger partial charge in [0.15, 0.2) is 5.78 Å². The van der Waals surface area contributed by atoms with Gasteiger partial charge in [0, 0.05) is 60.7 Å². The summed E-state index contributed by atoms with van der Waals surface area (Å²) < 4.78 is 5.50. The van der Waals surface area contributed by atoms with E-state index >= 15 is 0 Å². The van der Waals surface area contributed by atoms with E-state index in [1.54, 1.807) is 31.4 Å². The molecule has 0 amide bonds. The van der Waals surface area contributed by atoms with Crippen LogP contribution in [0.1, 0.15) is 51.6 Å². The molecule has 0 radical (unpaired) electrons. The number of hydrogen-bond donors (Lipinski definition) is 2. The number of ketones is 1. The molecule has 210 valence electrons. The van der Waals surface area contributed by atoms with Gasteiger partial charge < -0.3 is 14.8 Å². The van der Waals surface area contributed by atoms with Crippen LogP contribution in [-0.4, -0.2) is 47.1 Å². The number of Topliss-reactive ketones (excluding diaryl/α,β-unsaturated/α-hetero) is 1. The number of benzene rings is 4. The van der Waals surface area contributed by atoms with Gasteiger partial charge in [-0.05, 0) is 71.3 Å². The van der Waals surface area contributed by atoms with Crippen LogP contribution >= 0.6 is 0 Å². The Kier molecular flexibility index (Phi) is 8.30. The number of methoxy groups -OCH3 is 1. The predicted octanol–water partition coefficient (Wildman–Crippen LogP) is 6.76. The number of rotatable bonds is 7. The second-order valence-corrected chi connectivity index (χ2v) is 10.8. The number of nitrogens with zero attached hydrogens (tertiary/aromatic N) is 1. The van der Waals surface area contributed by atoms with Crippen LogP contribution in [-0.2, 0) is 11.3 Å². The summed E-state index contributed by atoms with van der Waals surface area (Å²) in [5, 5.41) is 12.4. The lowest BCUT2D eigenvalue weighted by Crippen LogP contribution is -2.36. The molecule has 5 heteroatoms. The van der Waals surface area contributed by atoms with Gasteiger partial charge in [-0.1, -0.05) is 72.5 Å². The highest BCUT2D eigenvalue weighted by molar-refractivity contribution is 6.01. The monoisotopic (exact) mass is 554 g/mol. The van der Waals surface area contributed by atoms with E-state index in [4.69, 9.17) is 4.74 Å². The summed E-state index contributed by atoms with van der Waals surface area (Å²) in [7, 11) is 1.80. The third kappa shape index (κ3) is 6.07. The minimum Gasteiger partial charge on any atom is -0.381 e. The number of H-pyrrole nitrogens is 1. The average molecular weight is 555 g/mol. The zero-order chi connectivity index (χ0) is 28.9. The molecule has 42 heavy (non-hydrogen) atoms. The van der Waals surface area contributed by atoms with Gasteiger partial charge in [-0.15, -0.1) is 0 Å². The van der Waals surface area contributed by atoms with Crippen LogP contribution in [0.3, 0.4) is 0 Å². The van der Waals surface area contributed by atoms with Crippen molar-refractivity contribution in [3.63, 3.8) is 0 Å². The first-order valence-electron chi connectivity index (χ1n) is 14.4. The molecule has 2 N–H and O–H groups in total. The van der Waals surface area contributed by atoms with Gasteiger partial charge >= 0.3 is 0 Å². The smallest absolute Gasteiger partial charge is 0.195 e. The fraction of sp³-hybridized carbons (Fsp3) is 0.216. The summed E-state index contributed by atoms with van der Waals surface area (Å²) in [6, 6.07) is 31.1. The topological polar surface area (TPSA) is 65.6 Å². The summed E-state index contributed by atoms with van der Waals surface area (Å²) in [6.45, 7) is 3.02. The lowest BCUT2D eigenvalue weighted by atomic mass is 9.88. The van der Waals surface area contributed by atoms with E-state index in [2.05, 4.69) is 52.1 Å². The maximum absolute atomic E-state index is 13.3. The summed E-state index contributed by atoms with van der Waals surface area (Å²) in [5.74, 6) is 6.33. The minimum atomic E-state index is -1.32. The van der Waals surface area contributed by atoms with E-state index in [-0.39, 0.29) is 5.78 Å². The van der Waals surface area contributed by atoms with Gasteiger partial charge in [0.25, 0.3) is 0 Å². The van der Waals surface area contributed by atoms with Crippen molar-refractivity contribution in [1.82, 2.24) is 9.88 Å². The number of aliphatic hydroxyl groups is 1. The molecule has 1 atom stereocenters. The van der Waals surface area contributed by atoms with Gasteiger partial charge in [-0.3, -0.25) is 9.69 Å². The molecular formula is C37H34N2O3. The number of likely N-dealkylation sites (tertiary alicyclic amines) is 1. The number of fused-ring (bicyclic) bond motifs is 1. The van der Waals surface area contributed by atoms with Crippen molar-refractivity contribution in [1.29, 1.82) is 0 Å². The van der Waals surface area contributed by atoms with Crippen LogP contribution in [0.2, 0.25) is 0 Å². The van der Waals surface area contributed by atoms with Crippen molar-refractivity contribution in [2.75, 3.05) is 20.2 Å². The fourth-order valence-electron chi connectivity index (χ4n) is 5.73. The highest BCUT2D eigenvalue weighted by Crippen LogP contribution is 2.34. The number of carbonyl (C=O) groups excluding carboxylic acids is 1. The number of hydrogen-bond acceptors (Lipinski definition) is 4. The zero-order valence-corrected chi connectivity index (χ0v) is 23.7. The maximum Gasteiger partial charge on any atom is 0.195 e. The van der Waals surface area contributed by atoms with E-state index in [0.717, 1.165) is 65.6 Å². The Bertz CT molecular complexity index is 1740. The lowest BCUT2D eigenvalue weighted by Gasteiger charge is -2.31. The van der Waals surface area contributed by atoms with Crippen molar-refractivity contribution in [3.8, 4) is 23.0 Å². The Hall–Kier alpha value is -4.47. The number of aromatic amines is 1. The molecule has 1 fully saturated rings. The van der Waals surface area contributed by atoms with E-state index in [9.17, 15) is 9.90 Å². The largest absolute Gasteiger partial charge is 0.381 e. The van der Waals surface area contributed by atoms with Crippen molar-refractivity contribution in [3.05, 3.63) is 131 Å². The number of aliphatic hydroxyl groups excluding tert-OH is 1. The molecular weight excluding hydrogens is 520 g/mol. The minimum absolute atomic E-state index is 0.341. The lowest BCUT2D eigenvalue weighted by molar-refractivity contribution is 0.0388. The third-order valence-electron chi connectivity index (χ3n) is 8.11. The van der Waals surface area contributed by atoms with Crippen LogP contribution in [0, 0.1) is 11.8 Å². The normalized spacial score (nSPS) is 14.8. The third-order valence-corrected chi connectivity index (χ3v) is 8.11. The number of carbonyl (C=O) groups is 1. The van der Waals surface area contributed by atoms with E-state index in [1.165, 1.54) is 5.56 Å². The molecule has 4 aromatic carbocycles. The Morgan fingerprint density at radius 2 is 1.74 bits per heavy atom. The van der Waals surface area contributed by atoms with Crippen LogP contribution in [0.25, 0.3) is 22.0 Å². The van der Waals surface area contributed by atoms with Gasteiger partial charge in [-0.2, -0.15) is 0 Å². The second kappa shape index (κ2) is 12.6. The van der Waals surface area contributed by atoms with Crippen molar-refractivity contribution >= 4 is 16.7 Å². The Morgan fingerprint density at radius 1 is 0.952 bits per heavy atom. The molecule has 0 bridgehead atoms. The van der Waals surface area contributed by atoms with Gasteiger partial charge in [0.2, 0.25) is 0 Å². The molecule has 2 heterocycles. The molecule has 0 aliphatic carbocycles. The zero-order valence-electron chi connectivity index (χ0n) is 23.7. The van der Waals surface area contributed by atoms with Gasteiger partial charge in [0.1, 0.15) is 6.10 Å². The molecule has 1 unspecified atom stereocenters. The highest BCUT2D eigenvalue weighted by Gasteiger charge is 2.24. The number of nitrogens with one attached hydrogen (secondary N) is 1. The summed E-state index contributed by atoms with van der Waals surface area (Å²) in [5.41, 5.74) is 6.63. The predicted molar refractivity (Wildman–Crippen MR) is 167 cm³/mol. The second-order valence-electron chi connectivity index (χ2n) is 10.8. The molecule has 5 aromatic rings. The van der Waals surface area contributed by atoms with Crippen LogP contribution < -0.4 is 0 Å². The number of ether oxygens (including phenoxy) is 1. The quantitative estimate of drug-likeness (QED) is 0.172. The molecule has 1 aromatic heterocycles. The molecule has 1 saturated heterocycles. The van der Waals surface area contributed by atoms with Crippen LogP contribution in [0.15, 0.2) is 103 Å². The SMILES string of the molecule is COC1CCN(Cc2ccc(C#Cc3cccc(C(O)C(=O)c4ccccc4)c3-c3ccc4[nH]ccc4c3)cc2)CC1. The van der Waals surface area contributed by atoms with Crippen molar-refractivity contribution in [2.24, 2.45) is 0 Å². The van der Waals surface area contributed by atoms with E-state index in [0.29, 0.717) is 17.2 Å². The Morgan fingerprint density at radius 3 is 2.50 bits per heavy atom. The molecule has 5 nitrogen and oxygen atoms in total. The average Bonchev–Trinajstić information content (AvgIpc) is 3.52. The van der Waals surface area contributed by atoms with E-state index in [1.807, 2.05) is 48.7 Å².